The summed E-state index contributed by atoms with van der Waals surface area (Å²) < 4.78 is 0. The molecule has 15 heavy (non-hydrogen) atoms. The Morgan fingerprint density at radius 1 is 1.27 bits per heavy atom. The Bertz CT molecular complexity index is 231. The Labute approximate surface area is 90.4 Å². The molecule has 3 N–H and O–H groups in total. The minimum absolute atomic E-state index is 0.115. The molecule has 4 heteroatoms. The Hall–Kier alpha value is -0.610. The average Bonchev–Trinajstić information content (AvgIpc) is 2.13. The van der Waals surface area contributed by atoms with Gasteiger partial charge in [-0.05, 0) is 31.6 Å². The normalized spacial score (nSPS) is 33.7. The number of carboxylic acid groups (broad SMARTS) is 1. The monoisotopic (exact) mass is 212 g/mol. The molecule has 1 saturated carbocycles. The van der Waals surface area contributed by atoms with E-state index in [1.165, 1.54) is 12.8 Å². The van der Waals surface area contributed by atoms with Crippen molar-refractivity contribution in [3.63, 3.8) is 0 Å². The van der Waals surface area contributed by atoms with E-state index in [-0.39, 0.29) is 5.92 Å². The number of hydrogen-bond acceptors (Lipinski definition) is 3. The zero-order chi connectivity index (χ0) is 10.8. The summed E-state index contributed by atoms with van der Waals surface area (Å²) in [6.45, 7) is 2.58. The summed E-state index contributed by atoms with van der Waals surface area (Å²) in [6, 6.07) is 0.407. The van der Waals surface area contributed by atoms with Gasteiger partial charge in [0.15, 0.2) is 0 Å². The molecule has 0 amide bonds. The smallest absolute Gasteiger partial charge is 0.309 e. The third-order valence-electron chi connectivity index (χ3n) is 3.71. The van der Waals surface area contributed by atoms with E-state index in [9.17, 15) is 4.79 Å². The maximum atomic E-state index is 10.6. The van der Waals surface area contributed by atoms with Gasteiger partial charge >= 0.3 is 5.97 Å². The van der Waals surface area contributed by atoms with Crippen molar-refractivity contribution in [2.45, 2.75) is 31.7 Å². The first kappa shape index (κ1) is 10.9. The first-order valence-corrected chi connectivity index (χ1v) is 5.86. The van der Waals surface area contributed by atoms with Crippen molar-refractivity contribution in [1.29, 1.82) is 0 Å². The van der Waals surface area contributed by atoms with Crippen LogP contribution in [-0.4, -0.2) is 41.7 Å². The van der Waals surface area contributed by atoms with Gasteiger partial charge in [-0.1, -0.05) is 0 Å². The number of carbonyl (C=O) groups is 1. The van der Waals surface area contributed by atoms with E-state index >= 15 is 0 Å². The highest BCUT2D eigenvalue weighted by atomic mass is 16.4. The van der Waals surface area contributed by atoms with E-state index in [1.54, 1.807) is 0 Å². The third kappa shape index (κ3) is 2.69. The van der Waals surface area contributed by atoms with Gasteiger partial charge in [-0.2, -0.15) is 0 Å². The number of nitrogens with two attached hydrogens (primary N) is 1. The molecule has 1 aliphatic carbocycles. The van der Waals surface area contributed by atoms with Gasteiger partial charge in [0.05, 0.1) is 5.92 Å². The lowest BCUT2D eigenvalue weighted by Gasteiger charge is -2.40. The quantitative estimate of drug-likeness (QED) is 0.715. The Kier molecular flexibility index (Phi) is 3.26. The van der Waals surface area contributed by atoms with Crippen LogP contribution < -0.4 is 5.73 Å². The lowest BCUT2D eigenvalue weighted by atomic mass is 9.85. The van der Waals surface area contributed by atoms with Crippen LogP contribution in [-0.2, 0) is 4.79 Å². The Balaban J connectivity index is 1.65. The second-order valence-corrected chi connectivity index (χ2v) is 5.03. The SMILES string of the molecule is NC1CCC(CN2CC(C(=O)O)C2)CC1. The van der Waals surface area contributed by atoms with Crippen LogP contribution in [0.25, 0.3) is 0 Å². The number of aliphatic carboxylic acids is 1. The van der Waals surface area contributed by atoms with Crippen molar-refractivity contribution in [3.05, 3.63) is 0 Å². The second-order valence-electron chi connectivity index (χ2n) is 5.03. The summed E-state index contributed by atoms with van der Waals surface area (Å²) in [5, 5.41) is 8.75. The molecule has 0 aromatic carbocycles. The standard InChI is InChI=1S/C11H20N2O2/c12-10-3-1-8(2-4-10)5-13-6-9(7-13)11(14)15/h8-10H,1-7,12H2,(H,14,15). The maximum Gasteiger partial charge on any atom is 0.309 e. The van der Waals surface area contributed by atoms with Crippen LogP contribution in [0.15, 0.2) is 0 Å². The zero-order valence-corrected chi connectivity index (χ0v) is 9.06. The molecule has 0 bridgehead atoms. The molecule has 0 radical (unpaired) electrons. The summed E-state index contributed by atoms with van der Waals surface area (Å²) in [4.78, 5) is 12.9. The Morgan fingerprint density at radius 2 is 1.87 bits per heavy atom. The topological polar surface area (TPSA) is 66.6 Å². The largest absolute Gasteiger partial charge is 0.481 e. The number of hydrogen-bond donors (Lipinski definition) is 2. The van der Waals surface area contributed by atoms with Gasteiger partial charge in [0.25, 0.3) is 0 Å². The van der Waals surface area contributed by atoms with Gasteiger partial charge in [-0.3, -0.25) is 4.79 Å². The van der Waals surface area contributed by atoms with Crippen molar-refractivity contribution in [1.82, 2.24) is 4.90 Å². The summed E-state index contributed by atoms with van der Waals surface area (Å²) in [5.74, 6) is -0.00712. The van der Waals surface area contributed by atoms with Crippen LogP contribution in [0.1, 0.15) is 25.7 Å². The van der Waals surface area contributed by atoms with Gasteiger partial charge < -0.3 is 15.7 Å². The molecular weight excluding hydrogens is 192 g/mol. The predicted molar refractivity (Wildman–Crippen MR) is 57.5 cm³/mol. The maximum absolute atomic E-state index is 10.6. The van der Waals surface area contributed by atoms with Crippen LogP contribution in [0.2, 0.25) is 0 Å². The fourth-order valence-corrected chi connectivity index (χ4v) is 2.61. The van der Waals surface area contributed by atoms with Gasteiger partial charge in [0.1, 0.15) is 0 Å². The molecule has 86 valence electrons. The number of rotatable bonds is 3. The van der Waals surface area contributed by atoms with Crippen molar-refractivity contribution < 1.29 is 9.90 Å². The number of likely N-dealkylation sites (tertiary alicyclic amines) is 1. The molecular formula is C11H20N2O2. The van der Waals surface area contributed by atoms with E-state index < -0.39 is 5.97 Å². The molecule has 0 atom stereocenters. The highest BCUT2D eigenvalue weighted by Gasteiger charge is 2.33. The molecule has 2 aliphatic rings. The minimum atomic E-state index is -0.642. The number of nitrogens with zero attached hydrogens (tertiary/aromatic N) is 1. The molecule has 4 nitrogen and oxygen atoms in total. The van der Waals surface area contributed by atoms with Crippen LogP contribution in [0.5, 0.6) is 0 Å². The number of carboxylic acids is 1. The van der Waals surface area contributed by atoms with Gasteiger partial charge in [0, 0.05) is 25.7 Å². The lowest BCUT2D eigenvalue weighted by Crippen LogP contribution is -2.52. The van der Waals surface area contributed by atoms with Crippen LogP contribution in [0.3, 0.4) is 0 Å². The molecule has 0 unspecified atom stereocenters. The summed E-state index contributed by atoms with van der Waals surface area (Å²) >= 11 is 0. The van der Waals surface area contributed by atoms with Crippen LogP contribution >= 0.6 is 0 Å². The highest BCUT2D eigenvalue weighted by molar-refractivity contribution is 5.71. The van der Waals surface area contributed by atoms with E-state index in [2.05, 4.69) is 4.90 Å². The lowest BCUT2D eigenvalue weighted by molar-refractivity contribution is -0.147. The van der Waals surface area contributed by atoms with Crippen molar-refractivity contribution in [2.24, 2.45) is 17.6 Å². The molecule has 0 aromatic heterocycles. The Morgan fingerprint density at radius 3 is 2.40 bits per heavy atom. The first-order chi connectivity index (χ1) is 7.15. The summed E-state index contributed by atoms with van der Waals surface area (Å²) in [7, 11) is 0. The highest BCUT2D eigenvalue weighted by Crippen LogP contribution is 2.26. The molecule has 1 heterocycles. The first-order valence-electron chi connectivity index (χ1n) is 5.86. The van der Waals surface area contributed by atoms with Gasteiger partial charge in [-0.25, -0.2) is 0 Å². The van der Waals surface area contributed by atoms with E-state index in [0.717, 1.165) is 38.4 Å². The van der Waals surface area contributed by atoms with E-state index in [0.29, 0.717) is 6.04 Å². The average molecular weight is 212 g/mol. The molecule has 2 rings (SSSR count). The van der Waals surface area contributed by atoms with Crippen LogP contribution in [0.4, 0.5) is 0 Å². The third-order valence-corrected chi connectivity index (χ3v) is 3.71. The van der Waals surface area contributed by atoms with Crippen molar-refractivity contribution >= 4 is 5.97 Å². The van der Waals surface area contributed by atoms with Crippen molar-refractivity contribution in [2.75, 3.05) is 19.6 Å². The van der Waals surface area contributed by atoms with Gasteiger partial charge in [0.2, 0.25) is 0 Å². The van der Waals surface area contributed by atoms with Gasteiger partial charge in [-0.15, -0.1) is 0 Å². The summed E-state index contributed by atoms with van der Waals surface area (Å²) in [5.41, 5.74) is 5.84. The fraction of sp³-hybridized carbons (Fsp3) is 0.909. The van der Waals surface area contributed by atoms with E-state index in [4.69, 9.17) is 10.8 Å². The summed E-state index contributed by atoms with van der Waals surface area (Å²) in [6.07, 6.45) is 4.71. The van der Waals surface area contributed by atoms with E-state index in [1.807, 2.05) is 0 Å². The molecule has 0 aromatic rings. The molecule has 0 spiro atoms. The molecule has 1 aliphatic heterocycles. The zero-order valence-electron chi connectivity index (χ0n) is 9.06. The van der Waals surface area contributed by atoms with Crippen LogP contribution in [0, 0.1) is 11.8 Å². The second kappa shape index (κ2) is 4.49. The van der Waals surface area contributed by atoms with Crippen molar-refractivity contribution in [3.8, 4) is 0 Å². The minimum Gasteiger partial charge on any atom is -0.481 e. The molecule has 2 fully saturated rings. The fourth-order valence-electron chi connectivity index (χ4n) is 2.61. The predicted octanol–water partition coefficient (Wildman–Crippen LogP) is 0.520. The molecule has 1 saturated heterocycles.